The van der Waals surface area contributed by atoms with Crippen molar-refractivity contribution in [2.45, 2.75) is 25.7 Å². The largest absolute Gasteiger partial charge is 0.461 e. The third-order valence-electron chi connectivity index (χ3n) is 4.15. The Kier molecular flexibility index (Phi) is 3.46. The Hall–Kier alpha value is -2.82. The van der Waals surface area contributed by atoms with Crippen LogP contribution in [0, 0.1) is 0 Å². The molecule has 0 fully saturated rings. The van der Waals surface area contributed by atoms with Crippen LogP contribution in [0.15, 0.2) is 51.6 Å². The molecule has 0 spiro atoms. The van der Waals surface area contributed by atoms with Crippen molar-refractivity contribution >= 4 is 11.6 Å². The molecule has 3 aromatic rings. The first kappa shape index (κ1) is 13.8. The van der Waals surface area contributed by atoms with Crippen LogP contribution < -0.4 is 5.32 Å². The highest BCUT2D eigenvalue weighted by Gasteiger charge is 2.18. The van der Waals surface area contributed by atoms with Crippen molar-refractivity contribution in [2.75, 3.05) is 5.32 Å². The zero-order valence-electron chi connectivity index (χ0n) is 12.5. The predicted octanol–water partition coefficient (Wildman–Crippen LogP) is 4.07. The maximum atomic E-state index is 12.4. The predicted molar refractivity (Wildman–Crippen MR) is 85.2 cm³/mol. The topological polar surface area (TPSA) is 68.3 Å². The van der Waals surface area contributed by atoms with Crippen LogP contribution in [-0.4, -0.2) is 11.1 Å². The number of anilines is 1. The molecule has 0 atom stereocenters. The average molecular weight is 308 g/mol. The Morgan fingerprint density at radius 1 is 1.09 bits per heavy atom. The van der Waals surface area contributed by atoms with Gasteiger partial charge in [0, 0.05) is 11.8 Å². The minimum absolute atomic E-state index is 0.241. The van der Waals surface area contributed by atoms with Crippen molar-refractivity contribution in [3.05, 3.63) is 59.5 Å². The SMILES string of the molecule is O=C(Nc1cccc2c1CCCC2)c1cc(-c2ccco2)on1. The average Bonchev–Trinajstić information content (AvgIpc) is 3.26. The molecule has 5 nitrogen and oxygen atoms in total. The lowest BCUT2D eigenvalue weighted by molar-refractivity contribution is 0.101. The van der Waals surface area contributed by atoms with Crippen LogP contribution in [-0.2, 0) is 12.8 Å². The monoisotopic (exact) mass is 308 g/mol. The molecule has 0 bridgehead atoms. The van der Waals surface area contributed by atoms with Crippen LogP contribution in [0.2, 0.25) is 0 Å². The minimum Gasteiger partial charge on any atom is -0.461 e. The van der Waals surface area contributed by atoms with E-state index in [1.165, 1.54) is 17.5 Å². The van der Waals surface area contributed by atoms with E-state index >= 15 is 0 Å². The Labute approximate surface area is 133 Å². The number of aryl methyl sites for hydroxylation is 1. The molecule has 1 aromatic carbocycles. The second-order valence-electron chi connectivity index (χ2n) is 5.66. The van der Waals surface area contributed by atoms with Gasteiger partial charge in [-0.3, -0.25) is 4.79 Å². The second-order valence-corrected chi connectivity index (χ2v) is 5.66. The van der Waals surface area contributed by atoms with Crippen LogP contribution in [0.4, 0.5) is 5.69 Å². The number of carbonyl (C=O) groups excluding carboxylic acids is 1. The molecular formula is C18H16N2O3. The summed E-state index contributed by atoms with van der Waals surface area (Å²) in [7, 11) is 0. The summed E-state index contributed by atoms with van der Waals surface area (Å²) in [5.74, 6) is 0.717. The number of fused-ring (bicyclic) bond motifs is 1. The Morgan fingerprint density at radius 2 is 2.00 bits per heavy atom. The summed E-state index contributed by atoms with van der Waals surface area (Å²) in [6.45, 7) is 0. The zero-order chi connectivity index (χ0) is 15.6. The van der Waals surface area contributed by atoms with E-state index in [0.29, 0.717) is 11.5 Å². The van der Waals surface area contributed by atoms with Crippen molar-refractivity contribution in [2.24, 2.45) is 0 Å². The molecule has 2 aromatic heterocycles. The van der Waals surface area contributed by atoms with Crippen molar-refractivity contribution in [1.82, 2.24) is 5.16 Å². The molecule has 0 unspecified atom stereocenters. The lowest BCUT2D eigenvalue weighted by atomic mass is 9.90. The van der Waals surface area contributed by atoms with Crippen LogP contribution in [0.5, 0.6) is 0 Å². The van der Waals surface area contributed by atoms with E-state index < -0.39 is 0 Å². The Balaban J connectivity index is 1.57. The Bertz CT molecular complexity index is 834. The van der Waals surface area contributed by atoms with Crippen LogP contribution in [0.25, 0.3) is 11.5 Å². The van der Waals surface area contributed by atoms with Gasteiger partial charge in [0.05, 0.1) is 6.26 Å². The summed E-state index contributed by atoms with van der Waals surface area (Å²) in [5, 5.41) is 6.79. The highest BCUT2D eigenvalue weighted by Crippen LogP contribution is 2.28. The number of hydrogen-bond acceptors (Lipinski definition) is 4. The van der Waals surface area contributed by atoms with Gasteiger partial charge in [0.2, 0.25) is 5.76 Å². The summed E-state index contributed by atoms with van der Waals surface area (Å²) in [4.78, 5) is 12.4. The lowest BCUT2D eigenvalue weighted by Gasteiger charge is -2.19. The zero-order valence-corrected chi connectivity index (χ0v) is 12.5. The van der Waals surface area contributed by atoms with Crippen LogP contribution in [0.3, 0.4) is 0 Å². The summed E-state index contributed by atoms with van der Waals surface area (Å²) in [5.41, 5.74) is 3.67. The van der Waals surface area contributed by atoms with E-state index in [1.807, 2.05) is 12.1 Å². The van der Waals surface area contributed by atoms with Crippen molar-refractivity contribution < 1.29 is 13.7 Å². The molecule has 0 radical (unpaired) electrons. The fourth-order valence-electron chi connectivity index (χ4n) is 3.00. The number of nitrogens with one attached hydrogen (secondary N) is 1. The van der Waals surface area contributed by atoms with Gasteiger partial charge in [-0.25, -0.2) is 0 Å². The van der Waals surface area contributed by atoms with E-state index in [0.717, 1.165) is 24.9 Å². The number of aromatic nitrogens is 1. The fraction of sp³-hybridized carbons (Fsp3) is 0.222. The molecular weight excluding hydrogens is 292 g/mol. The molecule has 1 amide bonds. The molecule has 1 aliphatic carbocycles. The molecule has 116 valence electrons. The highest BCUT2D eigenvalue weighted by molar-refractivity contribution is 6.03. The molecule has 23 heavy (non-hydrogen) atoms. The van der Waals surface area contributed by atoms with Crippen LogP contribution >= 0.6 is 0 Å². The quantitative estimate of drug-likeness (QED) is 0.792. The van der Waals surface area contributed by atoms with Crippen molar-refractivity contribution in [1.29, 1.82) is 0 Å². The first-order chi connectivity index (χ1) is 11.3. The number of nitrogens with zero attached hydrogens (tertiary/aromatic N) is 1. The number of benzene rings is 1. The van der Waals surface area contributed by atoms with Gasteiger partial charge in [0.1, 0.15) is 0 Å². The van der Waals surface area contributed by atoms with Gasteiger partial charge in [-0.2, -0.15) is 0 Å². The first-order valence-corrected chi connectivity index (χ1v) is 7.74. The lowest BCUT2D eigenvalue weighted by Crippen LogP contribution is -2.15. The third kappa shape index (κ3) is 2.65. The summed E-state index contributed by atoms with van der Waals surface area (Å²) in [6, 6.07) is 11.2. The maximum absolute atomic E-state index is 12.4. The van der Waals surface area contributed by atoms with Gasteiger partial charge < -0.3 is 14.3 Å². The highest BCUT2D eigenvalue weighted by atomic mass is 16.5. The van der Waals surface area contributed by atoms with E-state index in [4.69, 9.17) is 8.94 Å². The third-order valence-corrected chi connectivity index (χ3v) is 4.15. The summed E-state index contributed by atoms with van der Waals surface area (Å²) >= 11 is 0. The fourth-order valence-corrected chi connectivity index (χ4v) is 3.00. The normalized spacial score (nSPS) is 13.6. The van der Waals surface area contributed by atoms with E-state index in [9.17, 15) is 4.79 Å². The van der Waals surface area contributed by atoms with E-state index in [-0.39, 0.29) is 11.6 Å². The molecule has 4 rings (SSSR count). The van der Waals surface area contributed by atoms with Crippen molar-refractivity contribution in [3.8, 4) is 11.5 Å². The molecule has 0 aliphatic heterocycles. The summed E-state index contributed by atoms with van der Waals surface area (Å²) in [6.07, 6.45) is 5.99. The van der Waals surface area contributed by atoms with Crippen molar-refractivity contribution in [3.63, 3.8) is 0 Å². The minimum atomic E-state index is -0.273. The standard InChI is InChI=1S/C18H16N2O3/c21-18(15-11-17(23-20-15)16-9-4-10-22-16)19-14-8-3-6-12-5-1-2-7-13(12)14/h3-4,6,8-11H,1-2,5,7H2,(H,19,21). The molecule has 0 saturated heterocycles. The molecule has 2 heterocycles. The Morgan fingerprint density at radius 3 is 2.87 bits per heavy atom. The number of carbonyl (C=O) groups is 1. The first-order valence-electron chi connectivity index (χ1n) is 7.74. The van der Waals surface area contributed by atoms with Gasteiger partial charge in [-0.1, -0.05) is 17.3 Å². The van der Waals surface area contributed by atoms with Gasteiger partial charge in [-0.05, 0) is 55.0 Å². The maximum Gasteiger partial charge on any atom is 0.277 e. The number of hydrogen-bond donors (Lipinski definition) is 1. The van der Waals surface area contributed by atoms with Crippen LogP contribution in [0.1, 0.15) is 34.5 Å². The van der Waals surface area contributed by atoms with E-state index in [2.05, 4.69) is 16.5 Å². The smallest absolute Gasteiger partial charge is 0.277 e. The number of rotatable bonds is 3. The van der Waals surface area contributed by atoms with E-state index in [1.54, 1.807) is 24.5 Å². The second kappa shape index (κ2) is 5.76. The number of amides is 1. The summed E-state index contributed by atoms with van der Waals surface area (Å²) < 4.78 is 10.4. The molecule has 5 heteroatoms. The molecule has 1 aliphatic rings. The van der Waals surface area contributed by atoms with Gasteiger partial charge >= 0.3 is 0 Å². The van der Waals surface area contributed by atoms with Gasteiger partial charge in [0.25, 0.3) is 5.91 Å². The van der Waals surface area contributed by atoms with Gasteiger partial charge in [-0.15, -0.1) is 0 Å². The number of furan rings is 1. The van der Waals surface area contributed by atoms with Gasteiger partial charge in [0.15, 0.2) is 11.5 Å². The molecule has 1 N–H and O–H groups in total. The molecule has 0 saturated carbocycles.